The number of hydrogen-bond donors (Lipinski definition) is 1. The molecule has 192 valence electrons. The van der Waals surface area contributed by atoms with Crippen molar-refractivity contribution in [1.82, 2.24) is 0 Å². The van der Waals surface area contributed by atoms with Gasteiger partial charge in [-0.1, -0.05) is 56.9 Å². The second-order valence-electron chi connectivity index (χ2n) is 9.41. The van der Waals surface area contributed by atoms with Crippen LogP contribution in [-0.4, -0.2) is 50.7 Å². The number of rotatable bonds is 18. The lowest BCUT2D eigenvalue weighted by molar-refractivity contribution is -0.138. The zero-order chi connectivity index (χ0) is 24.8. The fourth-order valence-electron chi connectivity index (χ4n) is 3.97. The maximum absolute atomic E-state index is 10.4. The Balaban J connectivity index is 1.25. The van der Waals surface area contributed by atoms with Crippen LogP contribution in [-0.2, 0) is 14.3 Å². The van der Waals surface area contributed by atoms with Gasteiger partial charge >= 0.3 is 5.97 Å². The molecule has 0 saturated carbocycles. The van der Waals surface area contributed by atoms with Crippen molar-refractivity contribution in [2.24, 2.45) is 5.41 Å². The summed E-state index contributed by atoms with van der Waals surface area (Å²) in [6, 6.07) is 16.5. The number of unbranched alkanes of at least 4 members (excludes halogenated alkanes) is 5. The van der Waals surface area contributed by atoms with E-state index in [1.165, 1.54) is 12.8 Å². The van der Waals surface area contributed by atoms with Gasteiger partial charge in [0.05, 0.1) is 44.9 Å². The van der Waals surface area contributed by atoms with Crippen molar-refractivity contribution in [3.05, 3.63) is 48.5 Å². The van der Waals surface area contributed by atoms with Gasteiger partial charge in [0.1, 0.15) is 11.5 Å². The van der Waals surface area contributed by atoms with Gasteiger partial charge in [-0.15, -0.1) is 0 Å². The molecule has 0 amide bonds. The molecule has 6 nitrogen and oxygen atoms in total. The van der Waals surface area contributed by atoms with Gasteiger partial charge in [-0.25, -0.2) is 0 Å². The third-order valence-electron chi connectivity index (χ3n) is 6.57. The van der Waals surface area contributed by atoms with Gasteiger partial charge in [-0.3, -0.25) is 4.79 Å². The minimum absolute atomic E-state index is 0.0850. The molecular formula is C29H40O6. The van der Waals surface area contributed by atoms with Crippen LogP contribution >= 0.6 is 0 Å². The molecule has 6 heteroatoms. The van der Waals surface area contributed by atoms with Crippen LogP contribution in [0, 0.1) is 5.41 Å². The van der Waals surface area contributed by atoms with E-state index < -0.39 is 5.97 Å². The highest BCUT2D eigenvalue weighted by Gasteiger charge is 2.37. The number of carboxylic acid groups (broad SMARTS) is 1. The highest BCUT2D eigenvalue weighted by molar-refractivity contribution is 5.66. The molecule has 1 aliphatic rings. The predicted molar refractivity (Wildman–Crippen MR) is 137 cm³/mol. The number of hydrogen-bond acceptors (Lipinski definition) is 5. The molecular weight excluding hydrogens is 444 g/mol. The first kappa shape index (κ1) is 27.0. The smallest absolute Gasteiger partial charge is 0.305 e. The lowest BCUT2D eigenvalue weighted by Gasteiger charge is -2.40. The summed E-state index contributed by atoms with van der Waals surface area (Å²) >= 11 is 0. The van der Waals surface area contributed by atoms with E-state index in [4.69, 9.17) is 24.1 Å². The SMILES string of the molecule is CCC1(COc2ccc(-c3ccc(OCCCCCCCCOCCC(=O)O)cc3)cc2)COC1. The summed E-state index contributed by atoms with van der Waals surface area (Å²) in [6.45, 7) is 6.19. The van der Waals surface area contributed by atoms with E-state index in [2.05, 4.69) is 31.2 Å². The fraction of sp³-hybridized carbons (Fsp3) is 0.552. The fourth-order valence-corrected chi connectivity index (χ4v) is 3.97. The molecule has 2 aromatic rings. The molecule has 0 bridgehead atoms. The van der Waals surface area contributed by atoms with Crippen molar-refractivity contribution in [1.29, 1.82) is 0 Å². The van der Waals surface area contributed by atoms with Crippen LogP contribution in [0.1, 0.15) is 58.3 Å². The van der Waals surface area contributed by atoms with E-state index in [1.54, 1.807) is 0 Å². The third kappa shape index (κ3) is 9.54. The van der Waals surface area contributed by atoms with E-state index in [9.17, 15) is 4.79 Å². The van der Waals surface area contributed by atoms with Crippen molar-refractivity contribution < 1.29 is 28.8 Å². The van der Waals surface area contributed by atoms with Crippen molar-refractivity contribution >= 4 is 5.97 Å². The van der Waals surface area contributed by atoms with Gasteiger partial charge in [0.25, 0.3) is 0 Å². The summed E-state index contributed by atoms with van der Waals surface area (Å²) in [4.78, 5) is 10.4. The first-order valence-electron chi connectivity index (χ1n) is 12.9. The molecule has 1 aliphatic heterocycles. The van der Waals surface area contributed by atoms with E-state index in [0.29, 0.717) is 19.8 Å². The summed E-state index contributed by atoms with van der Waals surface area (Å²) in [6.07, 6.45) is 7.83. The van der Waals surface area contributed by atoms with Crippen LogP contribution in [0.3, 0.4) is 0 Å². The zero-order valence-corrected chi connectivity index (χ0v) is 21.0. The average molecular weight is 485 g/mol. The summed E-state index contributed by atoms with van der Waals surface area (Å²) < 4.78 is 22.6. The Labute approximate surface area is 209 Å². The number of carbonyl (C=O) groups is 1. The van der Waals surface area contributed by atoms with Crippen LogP contribution in [0.2, 0.25) is 0 Å². The number of ether oxygens (including phenoxy) is 4. The Kier molecular flexibility index (Phi) is 11.4. The van der Waals surface area contributed by atoms with Crippen molar-refractivity contribution in [3.8, 4) is 22.6 Å². The maximum Gasteiger partial charge on any atom is 0.305 e. The Morgan fingerprint density at radius 2 is 1.34 bits per heavy atom. The standard InChI is InChI=1S/C29H40O6/c1-2-29(21-33-22-29)23-35-27-15-11-25(12-16-27)24-9-13-26(14-10-24)34-19-8-6-4-3-5-7-18-32-20-17-28(30)31/h9-16H,2-8,17-23H2,1H3,(H,30,31). The lowest BCUT2D eigenvalue weighted by atomic mass is 9.84. The average Bonchev–Trinajstić information content (AvgIpc) is 2.85. The maximum atomic E-state index is 10.4. The molecule has 35 heavy (non-hydrogen) atoms. The molecule has 1 fully saturated rings. The van der Waals surface area contributed by atoms with E-state index in [0.717, 1.165) is 74.6 Å². The van der Waals surface area contributed by atoms with Crippen molar-refractivity contribution in [2.75, 3.05) is 39.6 Å². The number of aliphatic carboxylic acids is 1. The molecule has 0 unspecified atom stereocenters. The first-order valence-corrected chi connectivity index (χ1v) is 12.9. The summed E-state index contributed by atoms with van der Waals surface area (Å²) in [5.41, 5.74) is 2.51. The second-order valence-corrected chi connectivity index (χ2v) is 9.41. The van der Waals surface area contributed by atoms with Gasteiger partial charge in [0.15, 0.2) is 0 Å². The first-order chi connectivity index (χ1) is 17.1. The van der Waals surface area contributed by atoms with Gasteiger partial charge in [0, 0.05) is 6.61 Å². The molecule has 0 aromatic heterocycles. The quantitative estimate of drug-likeness (QED) is 0.248. The highest BCUT2D eigenvalue weighted by Crippen LogP contribution is 2.32. The molecule has 0 radical (unpaired) electrons. The summed E-state index contributed by atoms with van der Waals surface area (Å²) in [5, 5.41) is 8.55. The Bertz CT molecular complexity index is 852. The van der Waals surface area contributed by atoms with Crippen molar-refractivity contribution in [3.63, 3.8) is 0 Å². The topological polar surface area (TPSA) is 74.2 Å². The largest absolute Gasteiger partial charge is 0.494 e. The summed E-state index contributed by atoms with van der Waals surface area (Å²) in [7, 11) is 0. The van der Waals surface area contributed by atoms with Crippen LogP contribution in [0.15, 0.2) is 48.5 Å². The monoisotopic (exact) mass is 484 g/mol. The van der Waals surface area contributed by atoms with E-state index >= 15 is 0 Å². The summed E-state index contributed by atoms with van der Waals surface area (Å²) in [5.74, 6) is 0.997. The van der Waals surface area contributed by atoms with Gasteiger partial charge in [0.2, 0.25) is 0 Å². The van der Waals surface area contributed by atoms with Crippen molar-refractivity contribution in [2.45, 2.75) is 58.3 Å². The zero-order valence-electron chi connectivity index (χ0n) is 21.0. The molecule has 0 spiro atoms. The van der Waals surface area contributed by atoms with E-state index in [-0.39, 0.29) is 11.8 Å². The van der Waals surface area contributed by atoms with Crippen LogP contribution < -0.4 is 9.47 Å². The Hall–Kier alpha value is -2.57. The molecule has 0 atom stereocenters. The molecule has 1 saturated heterocycles. The van der Waals surface area contributed by atoms with Gasteiger partial charge in [-0.05, 0) is 54.7 Å². The van der Waals surface area contributed by atoms with Gasteiger partial charge in [-0.2, -0.15) is 0 Å². The highest BCUT2D eigenvalue weighted by atomic mass is 16.5. The lowest BCUT2D eigenvalue weighted by Crippen LogP contribution is -2.46. The Morgan fingerprint density at radius 1 is 0.800 bits per heavy atom. The van der Waals surface area contributed by atoms with Crippen LogP contribution in [0.4, 0.5) is 0 Å². The molecule has 0 aliphatic carbocycles. The van der Waals surface area contributed by atoms with Gasteiger partial charge < -0.3 is 24.1 Å². The minimum atomic E-state index is -0.806. The molecule has 1 heterocycles. The molecule has 1 N–H and O–H groups in total. The van der Waals surface area contributed by atoms with Crippen LogP contribution in [0.25, 0.3) is 11.1 Å². The second kappa shape index (κ2) is 14.7. The third-order valence-corrected chi connectivity index (χ3v) is 6.57. The van der Waals surface area contributed by atoms with E-state index in [1.807, 2.05) is 24.3 Å². The predicted octanol–water partition coefficient (Wildman–Crippen LogP) is 6.37. The number of benzene rings is 2. The Morgan fingerprint density at radius 3 is 1.86 bits per heavy atom. The van der Waals surface area contributed by atoms with Crippen LogP contribution in [0.5, 0.6) is 11.5 Å². The molecule has 3 rings (SSSR count). The minimum Gasteiger partial charge on any atom is -0.494 e. The molecule has 2 aromatic carbocycles. The number of carboxylic acids is 1. The normalized spacial score (nSPS) is 14.3.